The third kappa shape index (κ3) is 3.25. The third-order valence-electron chi connectivity index (χ3n) is 4.32. The second kappa shape index (κ2) is 6.99. The Kier molecular flexibility index (Phi) is 4.40. The predicted molar refractivity (Wildman–Crippen MR) is 95.5 cm³/mol. The largest absolute Gasteiger partial charge is 0.439 e. The zero-order valence-corrected chi connectivity index (χ0v) is 13.6. The van der Waals surface area contributed by atoms with Gasteiger partial charge in [-0.05, 0) is 0 Å². The van der Waals surface area contributed by atoms with Crippen molar-refractivity contribution < 1.29 is 4.42 Å². The molecule has 1 aromatic heterocycles. The van der Waals surface area contributed by atoms with Crippen LogP contribution in [0, 0.1) is 0 Å². The lowest BCUT2D eigenvalue weighted by Gasteiger charge is -2.25. The van der Waals surface area contributed by atoms with E-state index < -0.39 is 0 Å². The summed E-state index contributed by atoms with van der Waals surface area (Å²) in [4.78, 5) is 7.20. The molecule has 1 aliphatic rings. The third-order valence-corrected chi connectivity index (χ3v) is 4.32. The van der Waals surface area contributed by atoms with E-state index in [1.807, 2.05) is 36.4 Å². The average Bonchev–Trinajstić information content (AvgIpc) is 3.08. The molecular formula is C20H21N3O. The molecule has 4 rings (SSSR count). The first-order valence-electron chi connectivity index (χ1n) is 8.44. The van der Waals surface area contributed by atoms with Crippen molar-refractivity contribution in [3.63, 3.8) is 0 Å². The van der Waals surface area contributed by atoms with Gasteiger partial charge in [0, 0.05) is 37.3 Å². The Labute approximate surface area is 142 Å². The van der Waals surface area contributed by atoms with Gasteiger partial charge in [0.2, 0.25) is 5.89 Å². The summed E-state index contributed by atoms with van der Waals surface area (Å²) in [5, 5.41) is 3.38. The van der Waals surface area contributed by atoms with Gasteiger partial charge in [-0.3, -0.25) is 4.90 Å². The minimum atomic E-state index is 0.758. The molecule has 4 nitrogen and oxygen atoms in total. The van der Waals surface area contributed by atoms with Crippen molar-refractivity contribution in [3.8, 4) is 22.6 Å². The molecule has 0 unspecified atom stereocenters. The highest BCUT2D eigenvalue weighted by Crippen LogP contribution is 2.32. The number of benzene rings is 2. The fourth-order valence-electron chi connectivity index (χ4n) is 3.07. The van der Waals surface area contributed by atoms with E-state index in [2.05, 4.69) is 34.5 Å². The number of aromatic nitrogens is 1. The van der Waals surface area contributed by atoms with Crippen molar-refractivity contribution in [1.29, 1.82) is 0 Å². The minimum absolute atomic E-state index is 0.758. The lowest BCUT2D eigenvalue weighted by Crippen LogP contribution is -2.42. The van der Waals surface area contributed by atoms with Gasteiger partial charge in [0.25, 0.3) is 0 Å². The lowest BCUT2D eigenvalue weighted by atomic mass is 10.1. The topological polar surface area (TPSA) is 41.3 Å². The Morgan fingerprint density at radius 3 is 2.17 bits per heavy atom. The molecule has 1 fully saturated rings. The summed E-state index contributed by atoms with van der Waals surface area (Å²) in [5.41, 5.74) is 3.08. The highest BCUT2D eigenvalue weighted by atomic mass is 16.4. The Morgan fingerprint density at radius 1 is 0.875 bits per heavy atom. The molecule has 1 aliphatic heterocycles. The molecule has 0 radical (unpaired) electrons. The number of hydrogen-bond donors (Lipinski definition) is 1. The van der Waals surface area contributed by atoms with Gasteiger partial charge in [0.15, 0.2) is 5.76 Å². The molecule has 0 bridgehead atoms. The van der Waals surface area contributed by atoms with Crippen LogP contribution < -0.4 is 5.32 Å². The molecule has 0 atom stereocenters. The fourth-order valence-corrected chi connectivity index (χ4v) is 3.07. The van der Waals surface area contributed by atoms with Crippen LogP contribution in [0.1, 0.15) is 5.89 Å². The minimum Gasteiger partial charge on any atom is -0.439 e. The van der Waals surface area contributed by atoms with Gasteiger partial charge in [-0.2, -0.15) is 0 Å². The van der Waals surface area contributed by atoms with Crippen molar-refractivity contribution in [1.82, 2.24) is 15.2 Å². The molecule has 0 aliphatic carbocycles. The summed E-state index contributed by atoms with van der Waals surface area (Å²) in [7, 11) is 0. The number of hydrogen-bond acceptors (Lipinski definition) is 4. The van der Waals surface area contributed by atoms with E-state index in [9.17, 15) is 0 Å². The quantitative estimate of drug-likeness (QED) is 0.800. The number of oxazole rings is 1. The van der Waals surface area contributed by atoms with Crippen LogP contribution in [0.4, 0.5) is 0 Å². The lowest BCUT2D eigenvalue weighted by molar-refractivity contribution is 0.213. The molecule has 122 valence electrons. The van der Waals surface area contributed by atoms with Crippen molar-refractivity contribution in [2.45, 2.75) is 6.54 Å². The molecule has 24 heavy (non-hydrogen) atoms. The average molecular weight is 319 g/mol. The first kappa shape index (κ1) is 15.1. The van der Waals surface area contributed by atoms with Crippen LogP contribution in [-0.2, 0) is 6.54 Å². The highest BCUT2D eigenvalue weighted by molar-refractivity contribution is 5.76. The summed E-state index contributed by atoms with van der Waals surface area (Å²) in [6.07, 6.45) is 0. The highest BCUT2D eigenvalue weighted by Gasteiger charge is 2.19. The zero-order chi connectivity index (χ0) is 16.2. The maximum absolute atomic E-state index is 6.18. The maximum Gasteiger partial charge on any atom is 0.209 e. The van der Waals surface area contributed by atoms with Crippen molar-refractivity contribution >= 4 is 0 Å². The number of piperazine rings is 1. The molecule has 1 saturated heterocycles. The Bertz CT molecular complexity index is 720. The zero-order valence-electron chi connectivity index (χ0n) is 13.6. The number of nitrogens with one attached hydrogen (secondary N) is 1. The normalized spacial score (nSPS) is 15.5. The van der Waals surface area contributed by atoms with Crippen LogP contribution in [0.15, 0.2) is 65.1 Å². The molecular weight excluding hydrogens is 298 g/mol. The SMILES string of the molecule is c1ccc(-c2nc(CN3CCNCC3)oc2-c2ccccc2)cc1. The second-order valence-electron chi connectivity index (χ2n) is 6.04. The summed E-state index contributed by atoms with van der Waals surface area (Å²) in [6.45, 7) is 4.87. The predicted octanol–water partition coefficient (Wildman–Crippen LogP) is 3.41. The van der Waals surface area contributed by atoms with E-state index in [1.165, 1.54) is 0 Å². The monoisotopic (exact) mass is 319 g/mol. The Balaban J connectivity index is 1.70. The van der Waals surface area contributed by atoms with E-state index in [-0.39, 0.29) is 0 Å². The van der Waals surface area contributed by atoms with Gasteiger partial charge in [-0.15, -0.1) is 0 Å². The standard InChI is InChI=1S/C20H21N3O/c1-3-7-16(8-4-1)19-20(17-9-5-2-6-10-17)24-18(22-19)15-23-13-11-21-12-14-23/h1-10,21H,11-15H2. The number of nitrogens with zero attached hydrogens (tertiary/aromatic N) is 2. The summed E-state index contributed by atoms with van der Waals surface area (Å²) < 4.78 is 6.18. The van der Waals surface area contributed by atoms with Gasteiger partial charge in [-0.25, -0.2) is 4.98 Å². The first-order chi connectivity index (χ1) is 11.9. The van der Waals surface area contributed by atoms with E-state index in [1.54, 1.807) is 0 Å². The maximum atomic E-state index is 6.18. The van der Waals surface area contributed by atoms with Gasteiger partial charge < -0.3 is 9.73 Å². The van der Waals surface area contributed by atoms with E-state index in [0.29, 0.717) is 0 Å². The molecule has 0 spiro atoms. The molecule has 2 heterocycles. The van der Waals surface area contributed by atoms with Gasteiger partial charge in [-0.1, -0.05) is 60.7 Å². The van der Waals surface area contributed by atoms with E-state index >= 15 is 0 Å². The van der Waals surface area contributed by atoms with Gasteiger partial charge in [0.1, 0.15) is 5.69 Å². The van der Waals surface area contributed by atoms with Crippen LogP contribution in [0.3, 0.4) is 0 Å². The second-order valence-corrected chi connectivity index (χ2v) is 6.04. The van der Waals surface area contributed by atoms with Crippen LogP contribution >= 0.6 is 0 Å². The Hall–Kier alpha value is -2.43. The molecule has 4 heteroatoms. The molecule has 2 aromatic carbocycles. The van der Waals surface area contributed by atoms with Crippen LogP contribution in [0.2, 0.25) is 0 Å². The van der Waals surface area contributed by atoms with Gasteiger partial charge in [0.05, 0.1) is 6.54 Å². The smallest absolute Gasteiger partial charge is 0.209 e. The van der Waals surface area contributed by atoms with Crippen LogP contribution in [0.5, 0.6) is 0 Å². The Morgan fingerprint density at radius 2 is 1.50 bits per heavy atom. The number of rotatable bonds is 4. The summed E-state index contributed by atoms with van der Waals surface area (Å²) in [5.74, 6) is 1.64. The van der Waals surface area contributed by atoms with Crippen molar-refractivity contribution in [2.24, 2.45) is 0 Å². The van der Waals surface area contributed by atoms with E-state index in [4.69, 9.17) is 9.40 Å². The van der Waals surface area contributed by atoms with E-state index in [0.717, 1.165) is 61.2 Å². The first-order valence-corrected chi connectivity index (χ1v) is 8.44. The van der Waals surface area contributed by atoms with Crippen molar-refractivity contribution in [3.05, 3.63) is 66.6 Å². The molecule has 0 saturated carbocycles. The summed E-state index contributed by atoms with van der Waals surface area (Å²) >= 11 is 0. The van der Waals surface area contributed by atoms with Crippen molar-refractivity contribution in [2.75, 3.05) is 26.2 Å². The van der Waals surface area contributed by atoms with Gasteiger partial charge >= 0.3 is 0 Å². The van der Waals surface area contributed by atoms with Crippen LogP contribution in [-0.4, -0.2) is 36.1 Å². The summed E-state index contributed by atoms with van der Waals surface area (Å²) in [6, 6.07) is 20.5. The molecule has 3 aromatic rings. The molecule has 1 N–H and O–H groups in total. The fraction of sp³-hybridized carbons (Fsp3) is 0.250. The molecule has 0 amide bonds. The van der Waals surface area contributed by atoms with Crippen LogP contribution in [0.25, 0.3) is 22.6 Å².